The molecule has 2 nitrogen and oxygen atoms in total. The van der Waals surface area contributed by atoms with E-state index in [1.165, 1.54) is 66.0 Å². The van der Waals surface area contributed by atoms with Gasteiger partial charge in [0.2, 0.25) is 0 Å². The van der Waals surface area contributed by atoms with Gasteiger partial charge >= 0.3 is 0 Å². The van der Waals surface area contributed by atoms with E-state index >= 15 is 0 Å². The molecule has 2 heterocycles. The maximum absolute atomic E-state index is 2.61. The first-order valence-electron chi connectivity index (χ1n) is 6.21. The smallest absolute Gasteiger partial charge is 0.0537 e. The van der Waals surface area contributed by atoms with Gasteiger partial charge in [0, 0.05) is 23.5 Å². The molecule has 0 bridgehead atoms. The molecule has 0 aromatic rings. The Kier molecular flexibility index (Phi) is 8.02. The van der Waals surface area contributed by atoms with Crippen molar-refractivity contribution in [3.63, 3.8) is 0 Å². The Balaban J connectivity index is 1.72. The van der Waals surface area contributed by atoms with E-state index in [4.69, 9.17) is 0 Å². The van der Waals surface area contributed by atoms with E-state index < -0.39 is 0 Å². The molecule has 0 aromatic carbocycles. The summed E-state index contributed by atoms with van der Waals surface area (Å²) in [5.41, 5.74) is 0. The lowest BCUT2D eigenvalue weighted by molar-refractivity contribution is 0.216. The van der Waals surface area contributed by atoms with E-state index in [1.54, 1.807) is 0 Å². The third-order valence-electron chi connectivity index (χ3n) is 2.65. The van der Waals surface area contributed by atoms with Crippen LogP contribution in [-0.4, -0.2) is 63.0 Å². The molecular weight excluding hydrogens is 288 g/mol. The van der Waals surface area contributed by atoms with E-state index in [0.29, 0.717) is 0 Å². The summed E-state index contributed by atoms with van der Waals surface area (Å²) >= 11 is 8.43. The molecule has 0 aliphatic carbocycles. The zero-order valence-corrected chi connectivity index (χ0v) is 13.6. The van der Waals surface area contributed by atoms with Gasteiger partial charge in [-0.3, -0.25) is 9.80 Å². The first-order valence-corrected chi connectivity index (χ1v) is 10.8. The van der Waals surface area contributed by atoms with E-state index in [0.717, 1.165) is 0 Å². The molecule has 100 valence electrons. The monoisotopic (exact) mass is 310 g/mol. The van der Waals surface area contributed by atoms with Gasteiger partial charge in [0.05, 0.1) is 6.67 Å². The van der Waals surface area contributed by atoms with Crippen LogP contribution >= 0.6 is 47.0 Å². The van der Waals surface area contributed by atoms with Crippen molar-refractivity contribution < 1.29 is 0 Å². The molecule has 0 N–H and O–H groups in total. The number of hydrogen-bond donors (Lipinski definition) is 0. The van der Waals surface area contributed by atoms with Crippen molar-refractivity contribution in [1.82, 2.24) is 9.80 Å². The van der Waals surface area contributed by atoms with Gasteiger partial charge in [-0.1, -0.05) is 0 Å². The van der Waals surface area contributed by atoms with Gasteiger partial charge in [-0.15, -0.1) is 47.0 Å². The summed E-state index contributed by atoms with van der Waals surface area (Å²) < 4.78 is 0. The molecule has 17 heavy (non-hydrogen) atoms. The summed E-state index contributed by atoms with van der Waals surface area (Å²) in [6, 6.07) is 0. The Labute approximate surface area is 122 Å². The van der Waals surface area contributed by atoms with Crippen LogP contribution in [0.15, 0.2) is 0 Å². The lowest BCUT2D eigenvalue weighted by Crippen LogP contribution is -2.38. The predicted molar refractivity (Wildman–Crippen MR) is 87.1 cm³/mol. The summed E-state index contributed by atoms with van der Waals surface area (Å²) in [5, 5.41) is 0. The highest BCUT2D eigenvalue weighted by molar-refractivity contribution is 8.01. The average Bonchev–Trinajstić information content (AvgIpc) is 2.24. The second kappa shape index (κ2) is 9.26. The van der Waals surface area contributed by atoms with E-state index in [2.05, 4.69) is 56.8 Å². The Hall–Kier alpha value is 1.32. The fraction of sp³-hybridized carbons (Fsp3) is 1.00. The Bertz CT molecular complexity index is 170. The summed E-state index contributed by atoms with van der Waals surface area (Å²) in [5.74, 6) is 10.2. The second-order valence-corrected chi connectivity index (χ2v) is 8.64. The van der Waals surface area contributed by atoms with Crippen molar-refractivity contribution in [3.05, 3.63) is 0 Å². The molecule has 0 saturated carbocycles. The molecule has 0 aromatic heterocycles. The Morgan fingerprint density at radius 3 is 1.29 bits per heavy atom. The highest BCUT2D eigenvalue weighted by Crippen LogP contribution is 2.20. The minimum Gasteiger partial charge on any atom is -0.272 e. The van der Waals surface area contributed by atoms with Gasteiger partial charge in [-0.05, 0) is 35.9 Å². The topological polar surface area (TPSA) is 6.48 Å². The maximum atomic E-state index is 2.61. The third kappa shape index (κ3) is 6.34. The quantitative estimate of drug-likeness (QED) is 0.767. The van der Waals surface area contributed by atoms with Gasteiger partial charge in [0.25, 0.3) is 0 Å². The molecule has 2 aliphatic rings. The van der Waals surface area contributed by atoms with Crippen LogP contribution in [0.4, 0.5) is 0 Å². The van der Waals surface area contributed by atoms with Crippen LogP contribution in [0.2, 0.25) is 0 Å². The molecule has 0 radical (unpaired) electrons. The zero-order chi connectivity index (χ0) is 11.8. The summed E-state index contributed by atoms with van der Waals surface area (Å²) in [7, 11) is 0. The van der Waals surface area contributed by atoms with Crippen LogP contribution in [0.5, 0.6) is 0 Å². The second-order valence-electron chi connectivity index (χ2n) is 4.34. The summed E-state index contributed by atoms with van der Waals surface area (Å²) in [6.45, 7) is 1.17. The average molecular weight is 311 g/mol. The first kappa shape index (κ1) is 14.7. The predicted octanol–water partition coefficient (Wildman–Crippen LogP) is 3.12. The number of nitrogens with zero attached hydrogens (tertiary/aromatic N) is 2. The van der Waals surface area contributed by atoms with Crippen molar-refractivity contribution >= 4 is 47.0 Å². The molecule has 0 amide bonds. The van der Waals surface area contributed by atoms with Crippen molar-refractivity contribution in [2.24, 2.45) is 0 Å². The van der Waals surface area contributed by atoms with Crippen LogP contribution < -0.4 is 0 Å². The van der Waals surface area contributed by atoms with Crippen LogP contribution in [0, 0.1) is 0 Å². The van der Waals surface area contributed by atoms with Gasteiger partial charge < -0.3 is 0 Å². The highest BCUT2D eigenvalue weighted by atomic mass is 32.2. The van der Waals surface area contributed by atoms with Crippen LogP contribution in [0.25, 0.3) is 0 Å². The number of hydrogen-bond acceptors (Lipinski definition) is 6. The SMILES string of the molecule is C1CSCN(CN2CSCCCSC2)CSC1. The molecule has 2 rings (SSSR count). The lowest BCUT2D eigenvalue weighted by atomic mass is 10.6. The van der Waals surface area contributed by atoms with Crippen molar-refractivity contribution in [2.75, 3.05) is 53.2 Å². The number of rotatable bonds is 2. The van der Waals surface area contributed by atoms with Crippen molar-refractivity contribution in [2.45, 2.75) is 12.8 Å². The van der Waals surface area contributed by atoms with Crippen LogP contribution in [-0.2, 0) is 0 Å². The van der Waals surface area contributed by atoms with Gasteiger partial charge in [0.1, 0.15) is 0 Å². The van der Waals surface area contributed by atoms with Crippen LogP contribution in [0.1, 0.15) is 12.8 Å². The molecular formula is C11H22N2S4. The minimum absolute atomic E-state index is 1.17. The zero-order valence-electron chi connectivity index (χ0n) is 10.3. The van der Waals surface area contributed by atoms with Gasteiger partial charge in [-0.2, -0.15) is 0 Å². The lowest BCUT2D eigenvalue weighted by Gasteiger charge is -2.31. The summed E-state index contributed by atoms with van der Waals surface area (Å²) in [4.78, 5) is 5.22. The highest BCUT2D eigenvalue weighted by Gasteiger charge is 2.14. The molecule has 6 heteroatoms. The standard InChI is InChI=1S/C11H22N2S4/c1-3-14-8-12(9-15-4-1)7-13-10-16-5-2-6-17-11-13/h1-11H2. The van der Waals surface area contributed by atoms with Crippen molar-refractivity contribution in [1.29, 1.82) is 0 Å². The van der Waals surface area contributed by atoms with Crippen molar-refractivity contribution in [3.8, 4) is 0 Å². The minimum atomic E-state index is 1.17. The van der Waals surface area contributed by atoms with E-state index in [9.17, 15) is 0 Å². The molecule has 0 atom stereocenters. The first-order chi connectivity index (χ1) is 8.45. The molecule has 0 spiro atoms. The third-order valence-corrected chi connectivity index (χ3v) is 7.15. The van der Waals surface area contributed by atoms with Gasteiger partial charge in [-0.25, -0.2) is 0 Å². The fourth-order valence-electron chi connectivity index (χ4n) is 1.82. The molecule has 0 unspecified atom stereocenters. The number of thioether (sulfide) groups is 4. The van der Waals surface area contributed by atoms with E-state index in [1.807, 2.05) is 0 Å². The van der Waals surface area contributed by atoms with Gasteiger partial charge in [0.15, 0.2) is 0 Å². The molecule has 2 aliphatic heterocycles. The Morgan fingerprint density at radius 2 is 0.941 bits per heavy atom. The largest absolute Gasteiger partial charge is 0.272 e. The van der Waals surface area contributed by atoms with E-state index in [-0.39, 0.29) is 0 Å². The fourth-order valence-corrected chi connectivity index (χ4v) is 6.05. The summed E-state index contributed by atoms with van der Waals surface area (Å²) in [6.07, 6.45) is 2.77. The molecule has 2 fully saturated rings. The Morgan fingerprint density at radius 1 is 0.588 bits per heavy atom. The maximum Gasteiger partial charge on any atom is 0.0537 e. The molecule has 2 saturated heterocycles. The normalized spacial score (nSPS) is 26.8. The van der Waals surface area contributed by atoms with Crippen LogP contribution in [0.3, 0.4) is 0 Å².